The highest BCUT2D eigenvalue weighted by atomic mass is 35.5. The lowest BCUT2D eigenvalue weighted by Gasteiger charge is -2.29. The van der Waals surface area contributed by atoms with Crippen LogP contribution in [0.15, 0.2) is 95.7 Å². The topological polar surface area (TPSA) is 248 Å². The SMILES string of the molecule is Cc1nc2cc(Cl)ccc2n1Cc1csc(CNC(=O)[C@H](O)[C@@H](O)C(=O)N2CCCC2c2cccc(N(C)C)c2)n1.Cc1nc2ccc(Cl)cc2n1Cc1csc(CNC(=O)[C@H](O)[C@@H](O)C(=O)N2CCCC2c2cccc(N(C)C)c2)n1. The van der Waals surface area contributed by atoms with Crippen molar-refractivity contribution in [1.29, 1.82) is 0 Å². The van der Waals surface area contributed by atoms with Crippen LogP contribution in [-0.4, -0.2) is 149 Å². The van der Waals surface area contributed by atoms with Crippen molar-refractivity contribution >= 4 is 103 Å². The average Bonchev–Trinajstić information content (AvgIpc) is 4.55. The van der Waals surface area contributed by atoms with Crippen LogP contribution in [0.25, 0.3) is 22.1 Å². The number of anilines is 2. The Labute approximate surface area is 492 Å². The van der Waals surface area contributed by atoms with E-state index in [-0.39, 0.29) is 25.2 Å². The van der Waals surface area contributed by atoms with E-state index in [2.05, 4.69) is 30.6 Å². The molecule has 2 unspecified atom stereocenters. The van der Waals surface area contributed by atoms with Crippen LogP contribution >= 0.6 is 45.9 Å². The molecule has 8 aromatic rings. The Morgan fingerprint density at radius 1 is 0.585 bits per heavy atom. The molecule has 0 saturated carbocycles. The fraction of sp³-hybridized carbons (Fsp3) is 0.379. The van der Waals surface area contributed by atoms with Crippen LogP contribution in [0, 0.1) is 13.8 Å². The predicted molar refractivity (Wildman–Crippen MR) is 318 cm³/mol. The first-order chi connectivity index (χ1) is 39.2. The largest absolute Gasteiger partial charge is 0.380 e. The van der Waals surface area contributed by atoms with Gasteiger partial charge in [0.1, 0.15) is 21.7 Å². The number of hydrogen-bond donors (Lipinski definition) is 6. The summed E-state index contributed by atoms with van der Waals surface area (Å²) in [6.45, 7) is 5.82. The van der Waals surface area contributed by atoms with Gasteiger partial charge in [0.25, 0.3) is 23.6 Å². The van der Waals surface area contributed by atoms with Crippen LogP contribution in [0.1, 0.15) is 81.9 Å². The Bertz CT molecular complexity index is 3600. The molecule has 82 heavy (non-hydrogen) atoms. The molecular weight excluding hydrogens is 1130 g/mol. The van der Waals surface area contributed by atoms with Crippen molar-refractivity contribution < 1.29 is 39.6 Å². The normalized spacial score (nSPS) is 16.6. The molecular formula is C58H66Cl2N12O8S2. The molecule has 4 aromatic heterocycles. The van der Waals surface area contributed by atoms with E-state index >= 15 is 0 Å². The molecule has 6 atom stereocenters. The molecule has 0 radical (unpaired) electrons. The lowest BCUT2D eigenvalue weighted by atomic mass is 10.0. The van der Waals surface area contributed by atoms with E-state index in [1.807, 2.05) is 151 Å². The third-order valence-electron chi connectivity index (χ3n) is 14.7. The Morgan fingerprint density at radius 2 is 1.04 bits per heavy atom. The van der Waals surface area contributed by atoms with Crippen molar-refractivity contribution in [1.82, 2.24) is 49.5 Å². The van der Waals surface area contributed by atoms with Gasteiger partial charge >= 0.3 is 0 Å². The molecule has 6 heterocycles. The minimum atomic E-state index is -1.90. The van der Waals surface area contributed by atoms with E-state index in [0.29, 0.717) is 46.2 Å². The summed E-state index contributed by atoms with van der Waals surface area (Å²) in [6.07, 6.45) is -4.52. The number of imidazole rings is 2. The number of carbonyl (C=O) groups is 4. The lowest BCUT2D eigenvalue weighted by molar-refractivity contribution is -0.153. The molecule has 20 nitrogen and oxygen atoms in total. The van der Waals surface area contributed by atoms with Crippen LogP contribution in [0.4, 0.5) is 11.4 Å². The number of aromatic nitrogens is 6. The van der Waals surface area contributed by atoms with Crippen LogP contribution in [0.5, 0.6) is 0 Å². The van der Waals surface area contributed by atoms with Gasteiger partial charge in [0.15, 0.2) is 24.4 Å². The van der Waals surface area contributed by atoms with E-state index in [9.17, 15) is 39.6 Å². The molecule has 6 N–H and O–H groups in total. The van der Waals surface area contributed by atoms with Crippen LogP contribution in [0.3, 0.4) is 0 Å². The van der Waals surface area contributed by atoms with Crippen molar-refractivity contribution in [3.8, 4) is 0 Å². The highest BCUT2D eigenvalue weighted by molar-refractivity contribution is 7.09. The fourth-order valence-electron chi connectivity index (χ4n) is 10.4. The van der Waals surface area contributed by atoms with Gasteiger partial charge < -0.3 is 59.8 Å². The van der Waals surface area contributed by atoms with Gasteiger partial charge in [-0.1, -0.05) is 47.5 Å². The molecule has 2 saturated heterocycles. The van der Waals surface area contributed by atoms with Crippen LogP contribution in [0.2, 0.25) is 10.0 Å². The molecule has 10 rings (SSSR count). The maximum Gasteiger partial charge on any atom is 0.255 e. The minimum absolute atomic E-state index is 0.0562. The molecule has 2 fully saturated rings. The van der Waals surface area contributed by atoms with Gasteiger partial charge in [-0.25, -0.2) is 19.9 Å². The van der Waals surface area contributed by atoms with E-state index in [1.165, 1.54) is 22.7 Å². The molecule has 2 aliphatic rings. The number of amides is 4. The smallest absolute Gasteiger partial charge is 0.255 e. The Balaban J connectivity index is 0.000000198. The number of hydrogen-bond acceptors (Lipinski definition) is 16. The van der Waals surface area contributed by atoms with Crippen LogP contribution < -0.4 is 20.4 Å². The second-order valence-electron chi connectivity index (χ2n) is 20.8. The van der Waals surface area contributed by atoms with Gasteiger partial charge in [0.2, 0.25) is 0 Å². The van der Waals surface area contributed by atoms with Crippen molar-refractivity contribution in [2.24, 2.45) is 0 Å². The number of aliphatic hydroxyl groups excluding tert-OH is 4. The summed E-state index contributed by atoms with van der Waals surface area (Å²) >= 11 is 15.0. The molecule has 0 spiro atoms. The highest BCUT2D eigenvalue weighted by Gasteiger charge is 2.40. The fourth-order valence-corrected chi connectivity index (χ4v) is 12.2. The summed E-state index contributed by atoms with van der Waals surface area (Å²) < 4.78 is 4.06. The van der Waals surface area contributed by atoms with Gasteiger partial charge in [-0.3, -0.25) is 19.2 Å². The highest BCUT2D eigenvalue weighted by Crippen LogP contribution is 2.36. The number of nitrogens with zero attached hydrogens (tertiary/aromatic N) is 10. The summed E-state index contributed by atoms with van der Waals surface area (Å²) in [5.41, 5.74) is 9.01. The number of fused-ring (bicyclic) bond motifs is 2. The first-order valence-corrected chi connectivity index (χ1v) is 29.3. The maximum atomic E-state index is 13.2. The first kappa shape index (κ1) is 59.6. The molecule has 4 amide bonds. The summed E-state index contributed by atoms with van der Waals surface area (Å²) in [5.74, 6) is -1.33. The second kappa shape index (κ2) is 26.1. The van der Waals surface area contributed by atoms with E-state index in [0.717, 1.165) is 93.3 Å². The number of likely N-dealkylation sites (tertiary alicyclic amines) is 2. The molecule has 24 heteroatoms. The first-order valence-electron chi connectivity index (χ1n) is 26.8. The van der Waals surface area contributed by atoms with Crippen molar-refractivity contribution in [3.63, 3.8) is 0 Å². The second-order valence-corrected chi connectivity index (χ2v) is 23.6. The van der Waals surface area contributed by atoms with E-state index in [1.54, 1.807) is 15.9 Å². The number of aliphatic hydroxyl groups is 4. The summed E-state index contributed by atoms with van der Waals surface area (Å²) in [7, 11) is 7.78. The number of aryl methyl sites for hydroxylation is 2. The monoisotopic (exact) mass is 1190 g/mol. The zero-order valence-corrected chi connectivity index (χ0v) is 49.4. The summed E-state index contributed by atoms with van der Waals surface area (Å²) in [4.78, 5) is 77.1. The minimum Gasteiger partial charge on any atom is -0.380 e. The Kier molecular flexibility index (Phi) is 18.9. The number of benzene rings is 4. The van der Waals surface area contributed by atoms with Gasteiger partial charge in [0, 0.05) is 73.5 Å². The number of thiazole rings is 2. The van der Waals surface area contributed by atoms with Crippen molar-refractivity contribution in [2.45, 2.75) is 102 Å². The van der Waals surface area contributed by atoms with Gasteiger partial charge in [-0.15, -0.1) is 22.7 Å². The molecule has 4 aromatic carbocycles. The number of rotatable bonds is 18. The number of halogens is 2. The summed E-state index contributed by atoms with van der Waals surface area (Å²) in [5, 5.41) is 53.9. The van der Waals surface area contributed by atoms with E-state index < -0.39 is 48.0 Å². The lowest BCUT2D eigenvalue weighted by Crippen LogP contribution is -2.50. The zero-order chi connectivity index (χ0) is 58.5. The Hall–Kier alpha value is -7.02. The van der Waals surface area contributed by atoms with Gasteiger partial charge in [-0.05, 0) is 111 Å². The van der Waals surface area contributed by atoms with Crippen LogP contribution in [-0.2, 0) is 45.4 Å². The molecule has 0 aliphatic carbocycles. The predicted octanol–water partition coefficient (Wildman–Crippen LogP) is 6.54. The number of carbonyl (C=O) groups excluding carboxylic acids is 4. The van der Waals surface area contributed by atoms with E-state index in [4.69, 9.17) is 23.2 Å². The zero-order valence-electron chi connectivity index (χ0n) is 46.2. The summed E-state index contributed by atoms with van der Waals surface area (Å²) in [6, 6.07) is 26.4. The van der Waals surface area contributed by atoms with Crippen molar-refractivity contribution in [3.05, 3.63) is 150 Å². The standard InChI is InChI=1S/2C29H33ClN6O4S/c1-17-32-22-13-19(30)9-10-24(22)36(17)15-20-16-41-25(33-20)14-31-28(39)26(37)27(38)29(40)35-11-5-8-23(35)18-6-4-7-21(12-18)34(2)3;1-17-32-22-10-9-19(30)13-24(22)36(17)15-20-16-41-25(33-20)14-31-28(39)26(37)27(38)29(40)35-11-5-8-23(35)18-6-4-7-21(12-18)34(2)3/h2*4,6-7,9-10,12-13,16,23,26-27,37-38H,5,8,11,14-15H2,1-3H3,(H,31,39)/t2*23?,26-,27-/m11/s1. The van der Waals surface area contributed by atoms with Gasteiger partial charge in [0.05, 0.1) is 71.7 Å². The van der Waals surface area contributed by atoms with Gasteiger partial charge in [-0.2, -0.15) is 0 Å². The number of nitrogens with one attached hydrogen (secondary N) is 2. The molecule has 432 valence electrons. The average molecular weight is 1190 g/mol. The Morgan fingerprint density at radius 3 is 1.52 bits per heavy atom. The molecule has 0 bridgehead atoms. The molecule has 2 aliphatic heterocycles. The third kappa shape index (κ3) is 13.6. The maximum absolute atomic E-state index is 13.2. The third-order valence-corrected chi connectivity index (χ3v) is 17.0. The quantitative estimate of drug-likeness (QED) is 0.0534. The van der Waals surface area contributed by atoms with Crippen molar-refractivity contribution in [2.75, 3.05) is 51.1 Å².